The maximum atomic E-state index is 11.7. The summed E-state index contributed by atoms with van der Waals surface area (Å²) in [5.74, 6) is 0.480. The van der Waals surface area contributed by atoms with Crippen molar-refractivity contribution in [2.45, 2.75) is 44.8 Å². The van der Waals surface area contributed by atoms with Crippen molar-refractivity contribution in [3.05, 3.63) is 29.3 Å². The Labute approximate surface area is 107 Å². The molecule has 2 fully saturated rings. The van der Waals surface area contributed by atoms with Crippen molar-refractivity contribution in [2.75, 3.05) is 5.32 Å². The van der Waals surface area contributed by atoms with Crippen molar-refractivity contribution in [3.8, 4) is 0 Å². The van der Waals surface area contributed by atoms with Gasteiger partial charge in [-0.2, -0.15) is 0 Å². The van der Waals surface area contributed by atoms with E-state index in [2.05, 4.69) is 28.4 Å². The largest absolute Gasteiger partial charge is 0.326 e. The third-order valence-corrected chi connectivity index (χ3v) is 4.23. The average Bonchev–Trinajstić information content (AvgIpc) is 3.24. The molecule has 0 atom stereocenters. The van der Waals surface area contributed by atoms with Gasteiger partial charge in [-0.3, -0.25) is 9.69 Å². The number of benzene rings is 1. The fraction of sp³-hybridized carbons (Fsp3) is 0.533. The second-order valence-corrected chi connectivity index (χ2v) is 5.88. The molecular formula is C15H18N2O. The molecule has 18 heavy (non-hydrogen) atoms. The maximum Gasteiger partial charge on any atom is 0.227 e. The summed E-state index contributed by atoms with van der Waals surface area (Å²) in [4.78, 5) is 14.3. The van der Waals surface area contributed by atoms with Gasteiger partial charge in [0, 0.05) is 30.7 Å². The normalized spacial score (nSPS) is 22.9. The maximum absolute atomic E-state index is 11.7. The van der Waals surface area contributed by atoms with Crippen LogP contribution in [0.4, 0.5) is 5.69 Å². The number of rotatable bonds is 3. The van der Waals surface area contributed by atoms with Crippen molar-refractivity contribution in [1.82, 2.24) is 4.90 Å². The third-order valence-electron chi connectivity index (χ3n) is 4.23. The van der Waals surface area contributed by atoms with Crippen LogP contribution in [-0.4, -0.2) is 16.8 Å². The van der Waals surface area contributed by atoms with Gasteiger partial charge in [-0.25, -0.2) is 0 Å². The summed E-state index contributed by atoms with van der Waals surface area (Å²) in [5.41, 5.74) is 3.81. The zero-order chi connectivity index (χ0) is 12.1. The van der Waals surface area contributed by atoms with Crippen LogP contribution in [0.1, 0.15) is 36.8 Å². The van der Waals surface area contributed by atoms with Gasteiger partial charge in [0.15, 0.2) is 0 Å². The molecule has 1 heterocycles. The Bertz CT molecular complexity index is 503. The lowest BCUT2D eigenvalue weighted by Gasteiger charge is -2.12. The first kappa shape index (κ1) is 10.6. The van der Waals surface area contributed by atoms with Gasteiger partial charge in [0.05, 0.1) is 0 Å². The van der Waals surface area contributed by atoms with E-state index in [4.69, 9.17) is 0 Å². The summed E-state index contributed by atoms with van der Waals surface area (Å²) in [7, 11) is 0. The SMILES string of the molecule is O=C(Nc1ccc2c(c1)CN(C1CC1)C2)C1CC1. The molecule has 2 aliphatic carbocycles. The Morgan fingerprint density at radius 3 is 2.61 bits per heavy atom. The van der Waals surface area contributed by atoms with Crippen LogP contribution < -0.4 is 5.32 Å². The predicted molar refractivity (Wildman–Crippen MR) is 70.1 cm³/mol. The summed E-state index contributed by atoms with van der Waals surface area (Å²) < 4.78 is 0. The van der Waals surface area contributed by atoms with Gasteiger partial charge in [0.2, 0.25) is 5.91 Å². The zero-order valence-electron chi connectivity index (χ0n) is 10.5. The standard InChI is InChI=1S/C15H18N2O/c18-15(10-1-2-10)16-13-4-3-11-8-17(14-5-6-14)9-12(11)7-13/h3-4,7,10,14H,1-2,5-6,8-9H2,(H,16,18). The molecule has 3 heteroatoms. The highest BCUT2D eigenvalue weighted by molar-refractivity contribution is 5.94. The monoisotopic (exact) mass is 242 g/mol. The molecule has 0 aromatic heterocycles. The molecule has 1 amide bonds. The van der Waals surface area contributed by atoms with Crippen LogP contribution >= 0.6 is 0 Å². The van der Waals surface area contributed by atoms with Crippen LogP contribution in [0.3, 0.4) is 0 Å². The number of carbonyl (C=O) groups excluding carboxylic acids is 1. The predicted octanol–water partition coefficient (Wildman–Crippen LogP) is 2.51. The molecule has 0 radical (unpaired) electrons. The van der Waals surface area contributed by atoms with E-state index < -0.39 is 0 Å². The molecule has 2 saturated carbocycles. The molecule has 1 aromatic carbocycles. The third kappa shape index (κ3) is 1.93. The number of hydrogen-bond acceptors (Lipinski definition) is 2. The van der Waals surface area contributed by atoms with Gasteiger partial charge in [-0.05, 0) is 48.9 Å². The van der Waals surface area contributed by atoms with Crippen LogP contribution in [0.5, 0.6) is 0 Å². The van der Waals surface area contributed by atoms with Gasteiger partial charge < -0.3 is 5.32 Å². The zero-order valence-corrected chi connectivity index (χ0v) is 10.5. The van der Waals surface area contributed by atoms with Crippen LogP contribution in [0.2, 0.25) is 0 Å². The van der Waals surface area contributed by atoms with E-state index in [1.165, 1.54) is 24.0 Å². The van der Waals surface area contributed by atoms with Crippen LogP contribution in [0.25, 0.3) is 0 Å². The van der Waals surface area contributed by atoms with Crippen LogP contribution in [-0.2, 0) is 17.9 Å². The first-order chi connectivity index (χ1) is 8.79. The van der Waals surface area contributed by atoms with E-state index >= 15 is 0 Å². The Hall–Kier alpha value is -1.35. The Balaban J connectivity index is 1.50. The number of nitrogens with zero attached hydrogens (tertiary/aromatic N) is 1. The van der Waals surface area contributed by atoms with Gasteiger partial charge in [-0.1, -0.05) is 6.07 Å². The highest BCUT2D eigenvalue weighted by Gasteiger charge is 2.33. The number of amides is 1. The smallest absolute Gasteiger partial charge is 0.227 e. The van der Waals surface area contributed by atoms with E-state index in [0.29, 0.717) is 0 Å². The topological polar surface area (TPSA) is 32.3 Å². The lowest BCUT2D eigenvalue weighted by Crippen LogP contribution is -2.18. The number of fused-ring (bicyclic) bond motifs is 1. The quantitative estimate of drug-likeness (QED) is 0.883. The Kier molecular flexibility index (Phi) is 2.24. The fourth-order valence-electron chi connectivity index (χ4n) is 2.79. The summed E-state index contributed by atoms with van der Waals surface area (Å²) >= 11 is 0. The lowest BCUT2D eigenvalue weighted by molar-refractivity contribution is -0.117. The molecule has 1 N–H and O–H groups in total. The van der Waals surface area contributed by atoms with E-state index in [9.17, 15) is 4.79 Å². The molecular weight excluding hydrogens is 224 g/mol. The number of nitrogens with one attached hydrogen (secondary N) is 1. The van der Waals surface area contributed by atoms with Crippen molar-refractivity contribution in [2.24, 2.45) is 5.92 Å². The van der Waals surface area contributed by atoms with Crippen molar-refractivity contribution >= 4 is 11.6 Å². The summed E-state index contributed by atoms with van der Waals surface area (Å²) in [6, 6.07) is 7.22. The van der Waals surface area contributed by atoms with Crippen LogP contribution in [0, 0.1) is 5.92 Å². The minimum Gasteiger partial charge on any atom is -0.326 e. The molecule has 94 valence electrons. The summed E-state index contributed by atoms with van der Waals surface area (Å²) in [6.07, 6.45) is 4.84. The van der Waals surface area contributed by atoms with Gasteiger partial charge >= 0.3 is 0 Å². The van der Waals surface area contributed by atoms with E-state index in [1.807, 2.05) is 0 Å². The van der Waals surface area contributed by atoms with E-state index in [-0.39, 0.29) is 11.8 Å². The Morgan fingerprint density at radius 2 is 1.89 bits per heavy atom. The first-order valence-corrected chi connectivity index (χ1v) is 6.96. The van der Waals surface area contributed by atoms with Crippen molar-refractivity contribution in [1.29, 1.82) is 0 Å². The minimum absolute atomic E-state index is 0.201. The summed E-state index contributed by atoms with van der Waals surface area (Å²) in [6.45, 7) is 2.16. The number of carbonyl (C=O) groups is 1. The number of anilines is 1. The molecule has 0 spiro atoms. The van der Waals surface area contributed by atoms with Crippen molar-refractivity contribution in [3.63, 3.8) is 0 Å². The summed E-state index contributed by atoms with van der Waals surface area (Å²) in [5, 5.41) is 3.04. The highest BCUT2D eigenvalue weighted by Crippen LogP contribution is 2.36. The molecule has 1 aromatic rings. The van der Waals surface area contributed by atoms with E-state index in [0.717, 1.165) is 37.7 Å². The molecule has 4 rings (SSSR count). The molecule has 0 saturated heterocycles. The fourth-order valence-corrected chi connectivity index (χ4v) is 2.79. The van der Waals surface area contributed by atoms with Crippen LogP contribution in [0.15, 0.2) is 18.2 Å². The molecule has 0 unspecified atom stereocenters. The lowest BCUT2D eigenvalue weighted by atomic mass is 10.1. The van der Waals surface area contributed by atoms with E-state index in [1.54, 1.807) is 0 Å². The second-order valence-electron chi connectivity index (χ2n) is 5.88. The Morgan fingerprint density at radius 1 is 1.11 bits per heavy atom. The van der Waals surface area contributed by atoms with Crippen molar-refractivity contribution < 1.29 is 4.79 Å². The van der Waals surface area contributed by atoms with Gasteiger partial charge in [-0.15, -0.1) is 0 Å². The minimum atomic E-state index is 0.201. The molecule has 1 aliphatic heterocycles. The van der Waals surface area contributed by atoms with Gasteiger partial charge in [0.25, 0.3) is 0 Å². The number of hydrogen-bond donors (Lipinski definition) is 1. The molecule has 0 bridgehead atoms. The first-order valence-electron chi connectivity index (χ1n) is 6.96. The van der Waals surface area contributed by atoms with Gasteiger partial charge in [0.1, 0.15) is 0 Å². The average molecular weight is 242 g/mol. The highest BCUT2D eigenvalue weighted by atomic mass is 16.2. The molecule has 3 nitrogen and oxygen atoms in total. The molecule has 3 aliphatic rings. The second kappa shape index (κ2) is 3.82.